The molecule has 0 radical (unpaired) electrons. The predicted octanol–water partition coefficient (Wildman–Crippen LogP) is 1.42. The Balaban J connectivity index is 2.23. The lowest BCUT2D eigenvalue weighted by atomic mass is 10.0. The van der Waals surface area contributed by atoms with Gasteiger partial charge in [-0.3, -0.25) is 4.79 Å². The van der Waals surface area contributed by atoms with Crippen molar-refractivity contribution in [3.8, 4) is 0 Å². The Morgan fingerprint density at radius 3 is 2.57 bits per heavy atom. The molecule has 1 rings (SSSR count). The lowest BCUT2D eigenvalue weighted by Gasteiger charge is -2.16. The van der Waals surface area contributed by atoms with Crippen LogP contribution in [-0.2, 0) is 4.79 Å². The van der Waals surface area contributed by atoms with E-state index in [4.69, 9.17) is 5.73 Å². The molecule has 1 fully saturated rings. The van der Waals surface area contributed by atoms with Crippen molar-refractivity contribution in [2.24, 2.45) is 11.1 Å². The number of hydrogen-bond donors (Lipinski definition) is 2. The van der Waals surface area contributed by atoms with Crippen LogP contribution in [0.4, 0.5) is 0 Å². The van der Waals surface area contributed by atoms with E-state index in [0.717, 1.165) is 6.54 Å². The van der Waals surface area contributed by atoms with E-state index in [1.807, 2.05) is 6.92 Å². The number of nitrogens with two attached hydrogens (primary N) is 1. The lowest BCUT2D eigenvalue weighted by Crippen LogP contribution is -2.42. The van der Waals surface area contributed by atoms with Crippen molar-refractivity contribution >= 4 is 5.91 Å². The number of nitrogens with one attached hydrogen (secondary N) is 1. The fourth-order valence-corrected chi connectivity index (χ4v) is 1.81. The van der Waals surface area contributed by atoms with Crippen molar-refractivity contribution in [2.75, 3.05) is 6.54 Å². The van der Waals surface area contributed by atoms with Crippen LogP contribution in [0.1, 0.15) is 46.0 Å². The van der Waals surface area contributed by atoms with E-state index in [9.17, 15) is 4.79 Å². The minimum Gasteiger partial charge on any atom is -0.354 e. The summed E-state index contributed by atoms with van der Waals surface area (Å²) >= 11 is 0. The second-order valence-electron chi connectivity index (χ2n) is 4.48. The molecule has 14 heavy (non-hydrogen) atoms. The number of carbonyl (C=O) groups excluding carboxylic acids is 1. The number of amides is 1. The standard InChI is InChI=1S/C11H22N2O/c1-3-5-11(6-7-11)8-13-10(14)9(12)4-2/h9H,3-8,12H2,1-2H3,(H,13,14). The van der Waals surface area contributed by atoms with Crippen LogP contribution in [0.2, 0.25) is 0 Å². The summed E-state index contributed by atoms with van der Waals surface area (Å²) in [6.07, 6.45) is 5.68. The summed E-state index contributed by atoms with van der Waals surface area (Å²) in [6, 6.07) is -0.326. The molecule has 0 spiro atoms. The van der Waals surface area contributed by atoms with E-state index in [2.05, 4.69) is 12.2 Å². The smallest absolute Gasteiger partial charge is 0.236 e. The summed E-state index contributed by atoms with van der Waals surface area (Å²) < 4.78 is 0. The summed E-state index contributed by atoms with van der Waals surface area (Å²) in [5.74, 6) is 0.00915. The molecule has 0 aromatic carbocycles. The Bertz CT molecular complexity index is 199. The molecule has 1 aliphatic carbocycles. The van der Waals surface area contributed by atoms with Gasteiger partial charge in [0.15, 0.2) is 0 Å². The maximum atomic E-state index is 11.4. The maximum Gasteiger partial charge on any atom is 0.236 e. The summed E-state index contributed by atoms with van der Waals surface area (Å²) in [6.45, 7) is 4.95. The Labute approximate surface area is 86.4 Å². The highest BCUT2D eigenvalue weighted by Crippen LogP contribution is 2.48. The van der Waals surface area contributed by atoms with Gasteiger partial charge in [0.2, 0.25) is 5.91 Å². The van der Waals surface area contributed by atoms with Gasteiger partial charge >= 0.3 is 0 Å². The van der Waals surface area contributed by atoms with Crippen LogP contribution in [0.25, 0.3) is 0 Å². The summed E-state index contributed by atoms with van der Waals surface area (Å²) in [4.78, 5) is 11.4. The second-order valence-corrected chi connectivity index (χ2v) is 4.48. The third kappa shape index (κ3) is 2.98. The molecule has 1 amide bonds. The highest BCUT2D eigenvalue weighted by atomic mass is 16.2. The molecule has 0 aliphatic heterocycles. The van der Waals surface area contributed by atoms with E-state index in [-0.39, 0.29) is 11.9 Å². The van der Waals surface area contributed by atoms with Gasteiger partial charge < -0.3 is 11.1 Å². The molecule has 82 valence electrons. The van der Waals surface area contributed by atoms with Gasteiger partial charge in [0, 0.05) is 6.54 Å². The summed E-state index contributed by atoms with van der Waals surface area (Å²) in [5.41, 5.74) is 6.06. The van der Waals surface area contributed by atoms with Crippen molar-refractivity contribution in [1.82, 2.24) is 5.32 Å². The van der Waals surface area contributed by atoms with Crippen LogP contribution >= 0.6 is 0 Å². The van der Waals surface area contributed by atoms with Crippen LogP contribution in [0, 0.1) is 5.41 Å². The van der Waals surface area contributed by atoms with E-state index in [1.165, 1.54) is 25.7 Å². The van der Waals surface area contributed by atoms with Gasteiger partial charge in [0.1, 0.15) is 0 Å². The van der Waals surface area contributed by atoms with Gasteiger partial charge in [0.25, 0.3) is 0 Å². The number of hydrogen-bond acceptors (Lipinski definition) is 2. The molecule has 1 aliphatic rings. The van der Waals surface area contributed by atoms with E-state index < -0.39 is 0 Å². The molecular weight excluding hydrogens is 176 g/mol. The van der Waals surface area contributed by atoms with Crippen LogP contribution < -0.4 is 11.1 Å². The minimum atomic E-state index is -0.326. The molecule has 0 heterocycles. The molecule has 0 aromatic rings. The van der Waals surface area contributed by atoms with Crippen molar-refractivity contribution in [1.29, 1.82) is 0 Å². The van der Waals surface area contributed by atoms with Gasteiger partial charge in [0.05, 0.1) is 6.04 Å². The van der Waals surface area contributed by atoms with Gasteiger partial charge in [-0.2, -0.15) is 0 Å². The van der Waals surface area contributed by atoms with Crippen LogP contribution in [0.5, 0.6) is 0 Å². The molecule has 3 N–H and O–H groups in total. The van der Waals surface area contributed by atoms with Crippen LogP contribution in [-0.4, -0.2) is 18.5 Å². The molecule has 0 bridgehead atoms. The average Bonchev–Trinajstić information content (AvgIpc) is 2.94. The maximum absolute atomic E-state index is 11.4. The highest BCUT2D eigenvalue weighted by molar-refractivity contribution is 5.81. The largest absolute Gasteiger partial charge is 0.354 e. The van der Waals surface area contributed by atoms with Gasteiger partial charge in [-0.15, -0.1) is 0 Å². The normalized spacial score (nSPS) is 20.2. The molecule has 3 heteroatoms. The molecule has 0 saturated heterocycles. The minimum absolute atomic E-state index is 0.00915. The van der Waals surface area contributed by atoms with E-state index >= 15 is 0 Å². The summed E-state index contributed by atoms with van der Waals surface area (Å²) in [7, 11) is 0. The number of carbonyl (C=O) groups is 1. The Hall–Kier alpha value is -0.570. The molecule has 3 nitrogen and oxygen atoms in total. The van der Waals surface area contributed by atoms with Crippen molar-refractivity contribution in [2.45, 2.75) is 52.0 Å². The molecule has 1 saturated carbocycles. The lowest BCUT2D eigenvalue weighted by molar-refractivity contribution is -0.122. The highest BCUT2D eigenvalue weighted by Gasteiger charge is 2.41. The van der Waals surface area contributed by atoms with Crippen molar-refractivity contribution < 1.29 is 4.79 Å². The van der Waals surface area contributed by atoms with Crippen LogP contribution in [0.3, 0.4) is 0 Å². The first kappa shape index (κ1) is 11.5. The monoisotopic (exact) mass is 198 g/mol. The quantitative estimate of drug-likeness (QED) is 0.678. The van der Waals surface area contributed by atoms with Crippen LogP contribution in [0.15, 0.2) is 0 Å². The zero-order chi connectivity index (χ0) is 10.6. The second kappa shape index (κ2) is 4.78. The first-order chi connectivity index (χ1) is 6.63. The third-order valence-corrected chi connectivity index (χ3v) is 3.15. The van der Waals surface area contributed by atoms with E-state index in [1.54, 1.807) is 0 Å². The van der Waals surface area contributed by atoms with Gasteiger partial charge in [-0.05, 0) is 31.1 Å². The fraction of sp³-hybridized carbons (Fsp3) is 0.909. The Kier molecular flexibility index (Phi) is 3.93. The van der Waals surface area contributed by atoms with Gasteiger partial charge in [-0.25, -0.2) is 0 Å². The zero-order valence-electron chi connectivity index (χ0n) is 9.31. The first-order valence-corrected chi connectivity index (χ1v) is 5.67. The van der Waals surface area contributed by atoms with Crippen molar-refractivity contribution in [3.63, 3.8) is 0 Å². The summed E-state index contributed by atoms with van der Waals surface area (Å²) in [5, 5.41) is 2.96. The predicted molar refractivity (Wildman–Crippen MR) is 57.9 cm³/mol. The first-order valence-electron chi connectivity index (χ1n) is 5.67. The molecule has 1 unspecified atom stereocenters. The Morgan fingerprint density at radius 2 is 2.14 bits per heavy atom. The average molecular weight is 198 g/mol. The van der Waals surface area contributed by atoms with E-state index in [0.29, 0.717) is 11.8 Å². The van der Waals surface area contributed by atoms with Crippen molar-refractivity contribution in [3.05, 3.63) is 0 Å². The molecule has 1 atom stereocenters. The molecular formula is C11H22N2O. The zero-order valence-corrected chi connectivity index (χ0v) is 9.31. The SMILES string of the molecule is CCCC1(CNC(=O)C(N)CC)CC1. The third-order valence-electron chi connectivity index (χ3n) is 3.15. The Morgan fingerprint density at radius 1 is 1.50 bits per heavy atom. The fourth-order valence-electron chi connectivity index (χ4n) is 1.81. The topological polar surface area (TPSA) is 55.1 Å². The molecule has 0 aromatic heterocycles. The number of rotatable bonds is 6. The van der Waals surface area contributed by atoms with Gasteiger partial charge in [-0.1, -0.05) is 20.3 Å².